The van der Waals surface area contributed by atoms with Crippen LogP contribution in [0.25, 0.3) is 11.1 Å². The van der Waals surface area contributed by atoms with Gasteiger partial charge in [0.15, 0.2) is 0 Å². The Morgan fingerprint density at radius 3 is 2.27 bits per heavy atom. The number of aryl methyl sites for hydroxylation is 1. The van der Waals surface area contributed by atoms with Crippen LogP contribution in [0, 0.1) is 0 Å². The van der Waals surface area contributed by atoms with Crippen molar-refractivity contribution >= 4 is 17.8 Å². The fraction of sp³-hybridized carbons (Fsp3) is 0.414. The van der Waals surface area contributed by atoms with Crippen molar-refractivity contribution in [2.45, 2.75) is 70.7 Å². The average Bonchev–Trinajstić information content (AvgIpc) is 3.30. The number of anilines is 1. The van der Waals surface area contributed by atoms with Gasteiger partial charge >= 0.3 is 12.1 Å². The third kappa shape index (κ3) is 7.35. The van der Waals surface area contributed by atoms with Crippen LogP contribution in [-0.4, -0.2) is 39.6 Å². The number of amides is 3. The zero-order valence-corrected chi connectivity index (χ0v) is 22.1. The van der Waals surface area contributed by atoms with E-state index in [1.165, 1.54) is 0 Å². The largest absolute Gasteiger partial charge is 0.444 e. The smallest absolute Gasteiger partial charge is 0.407 e. The predicted octanol–water partition coefficient (Wildman–Crippen LogP) is 5.64. The van der Waals surface area contributed by atoms with E-state index < -0.39 is 5.60 Å². The summed E-state index contributed by atoms with van der Waals surface area (Å²) in [7, 11) is 1.89. The lowest BCUT2D eigenvalue weighted by atomic mass is 9.90. The van der Waals surface area contributed by atoms with Crippen LogP contribution >= 0.6 is 0 Å². The van der Waals surface area contributed by atoms with E-state index >= 15 is 0 Å². The standard InChI is InChI=1S/C29H37N5O3/c1-29(2,3)37-28(36)32-24-12-16-26(17-13-24)34(27(35)30-18-21-8-6-5-7-9-21)25-14-10-22(11-15-25)23-19-31-33(4)20-23/h5-11,14-15,19-20,24,26H,12-13,16-18H2,1-4H3,(H,30,35)(H,32,36)/t24-,26-. The molecule has 0 bridgehead atoms. The number of hydrogen-bond acceptors (Lipinski definition) is 4. The summed E-state index contributed by atoms with van der Waals surface area (Å²) in [6.07, 6.45) is 6.53. The molecule has 37 heavy (non-hydrogen) atoms. The summed E-state index contributed by atoms with van der Waals surface area (Å²) in [6, 6.07) is 17.9. The van der Waals surface area contributed by atoms with Gasteiger partial charge in [0.2, 0.25) is 0 Å². The number of nitrogens with one attached hydrogen (secondary N) is 2. The minimum atomic E-state index is -0.531. The Kier molecular flexibility index (Phi) is 8.16. The summed E-state index contributed by atoms with van der Waals surface area (Å²) >= 11 is 0. The summed E-state index contributed by atoms with van der Waals surface area (Å²) in [5.74, 6) is 0. The highest BCUT2D eigenvalue weighted by atomic mass is 16.6. The normalized spacial score (nSPS) is 17.6. The number of ether oxygens (including phenoxy) is 1. The molecule has 1 aromatic heterocycles. The predicted molar refractivity (Wildman–Crippen MR) is 145 cm³/mol. The van der Waals surface area contributed by atoms with Crippen LogP contribution in [0.2, 0.25) is 0 Å². The molecular formula is C29H37N5O3. The first-order valence-corrected chi connectivity index (χ1v) is 12.9. The number of alkyl carbamates (subject to hydrolysis) is 1. The van der Waals surface area contributed by atoms with E-state index in [1.54, 1.807) is 4.68 Å². The van der Waals surface area contributed by atoms with Gasteiger partial charge < -0.3 is 15.4 Å². The second-order valence-corrected chi connectivity index (χ2v) is 10.6. The second-order valence-electron chi connectivity index (χ2n) is 10.6. The van der Waals surface area contributed by atoms with Crippen LogP contribution in [0.4, 0.5) is 15.3 Å². The SMILES string of the molecule is Cn1cc(-c2ccc(N(C(=O)NCc3ccccc3)[C@H]3CC[C@H](NC(=O)OC(C)(C)C)CC3)cc2)cn1. The van der Waals surface area contributed by atoms with Gasteiger partial charge in [-0.3, -0.25) is 9.58 Å². The zero-order valence-electron chi connectivity index (χ0n) is 22.1. The first-order chi connectivity index (χ1) is 17.7. The maximum absolute atomic E-state index is 13.5. The first-order valence-electron chi connectivity index (χ1n) is 12.9. The topological polar surface area (TPSA) is 88.5 Å². The third-order valence-corrected chi connectivity index (χ3v) is 6.47. The highest BCUT2D eigenvalue weighted by molar-refractivity contribution is 5.93. The van der Waals surface area contributed by atoms with Gasteiger partial charge in [-0.1, -0.05) is 42.5 Å². The molecule has 8 heteroatoms. The molecule has 0 atom stereocenters. The van der Waals surface area contributed by atoms with Crippen molar-refractivity contribution < 1.29 is 14.3 Å². The number of carbonyl (C=O) groups excluding carboxylic acids is 2. The number of aromatic nitrogens is 2. The molecule has 0 radical (unpaired) electrons. The molecule has 0 spiro atoms. The number of carbonyl (C=O) groups is 2. The molecule has 1 fully saturated rings. The summed E-state index contributed by atoms with van der Waals surface area (Å²) in [5, 5.41) is 10.3. The minimum Gasteiger partial charge on any atom is -0.444 e. The van der Waals surface area contributed by atoms with Gasteiger partial charge in [-0.15, -0.1) is 0 Å². The highest BCUT2D eigenvalue weighted by Crippen LogP contribution is 2.30. The van der Waals surface area contributed by atoms with Gasteiger partial charge in [0.25, 0.3) is 0 Å². The monoisotopic (exact) mass is 503 g/mol. The van der Waals surface area contributed by atoms with Crippen LogP contribution in [-0.2, 0) is 18.3 Å². The van der Waals surface area contributed by atoms with Crippen molar-refractivity contribution in [3.8, 4) is 11.1 Å². The van der Waals surface area contributed by atoms with Crippen molar-refractivity contribution in [3.05, 3.63) is 72.6 Å². The fourth-order valence-electron chi connectivity index (χ4n) is 4.69. The van der Waals surface area contributed by atoms with Gasteiger partial charge in [-0.2, -0.15) is 5.10 Å². The molecule has 4 rings (SSSR count). The summed E-state index contributed by atoms with van der Waals surface area (Å²) < 4.78 is 7.19. The number of nitrogens with zero attached hydrogens (tertiary/aromatic N) is 3. The van der Waals surface area contributed by atoms with Crippen molar-refractivity contribution in [2.75, 3.05) is 4.90 Å². The quantitative estimate of drug-likeness (QED) is 0.456. The Hall–Kier alpha value is -3.81. The fourth-order valence-corrected chi connectivity index (χ4v) is 4.69. The second kappa shape index (κ2) is 11.5. The van der Waals surface area contributed by atoms with Gasteiger partial charge in [-0.25, -0.2) is 9.59 Å². The molecule has 3 aromatic rings. The Morgan fingerprint density at radius 1 is 1.00 bits per heavy atom. The zero-order chi connectivity index (χ0) is 26.4. The third-order valence-electron chi connectivity index (χ3n) is 6.47. The Balaban J connectivity index is 1.46. The van der Waals surface area contributed by atoms with E-state index in [1.807, 2.05) is 99.7 Å². The molecule has 0 aliphatic heterocycles. The molecule has 0 unspecified atom stereocenters. The van der Waals surface area contributed by atoms with E-state index in [-0.39, 0.29) is 24.2 Å². The molecule has 196 valence electrons. The first kappa shape index (κ1) is 26.3. The molecule has 0 saturated heterocycles. The lowest BCUT2D eigenvalue weighted by molar-refractivity contribution is 0.0491. The van der Waals surface area contributed by atoms with Crippen molar-refractivity contribution in [1.82, 2.24) is 20.4 Å². The lowest BCUT2D eigenvalue weighted by Crippen LogP contribution is -2.50. The molecule has 3 amide bonds. The molecule has 1 aliphatic carbocycles. The number of urea groups is 1. The van der Waals surface area contributed by atoms with Crippen LogP contribution in [0.3, 0.4) is 0 Å². The average molecular weight is 504 g/mol. The van der Waals surface area contributed by atoms with E-state index in [2.05, 4.69) is 15.7 Å². The van der Waals surface area contributed by atoms with Gasteiger partial charge in [0.1, 0.15) is 5.60 Å². The van der Waals surface area contributed by atoms with Gasteiger partial charge in [0.05, 0.1) is 6.20 Å². The number of rotatable bonds is 6. The maximum Gasteiger partial charge on any atom is 0.407 e. The van der Waals surface area contributed by atoms with Crippen LogP contribution < -0.4 is 15.5 Å². The number of benzene rings is 2. The number of hydrogen-bond donors (Lipinski definition) is 2. The molecule has 8 nitrogen and oxygen atoms in total. The Morgan fingerprint density at radius 2 is 1.68 bits per heavy atom. The van der Waals surface area contributed by atoms with Crippen molar-refractivity contribution in [1.29, 1.82) is 0 Å². The summed E-state index contributed by atoms with van der Waals surface area (Å²) in [4.78, 5) is 27.6. The van der Waals surface area contributed by atoms with Gasteiger partial charge in [0, 0.05) is 43.1 Å². The molecule has 1 heterocycles. The molecular weight excluding hydrogens is 466 g/mol. The van der Waals surface area contributed by atoms with Crippen LogP contribution in [0.1, 0.15) is 52.0 Å². The highest BCUT2D eigenvalue weighted by Gasteiger charge is 2.31. The molecule has 2 N–H and O–H groups in total. The summed E-state index contributed by atoms with van der Waals surface area (Å²) in [5.41, 5.74) is 3.45. The van der Waals surface area contributed by atoms with Crippen molar-refractivity contribution in [2.24, 2.45) is 7.05 Å². The summed E-state index contributed by atoms with van der Waals surface area (Å²) in [6.45, 7) is 6.03. The Labute approximate surface area is 219 Å². The van der Waals surface area contributed by atoms with E-state index in [0.717, 1.165) is 48.1 Å². The van der Waals surface area contributed by atoms with Gasteiger partial charge in [-0.05, 0) is 69.7 Å². The van der Waals surface area contributed by atoms with Crippen LogP contribution in [0.5, 0.6) is 0 Å². The molecule has 1 saturated carbocycles. The van der Waals surface area contributed by atoms with E-state index in [9.17, 15) is 9.59 Å². The molecule has 1 aliphatic rings. The maximum atomic E-state index is 13.5. The lowest BCUT2D eigenvalue weighted by Gasteiger charge is -2.37. The van der Waals surface area contributed by atoms with E-state index in [0.29, 0.717) is 6.54 Å². The molecule has 2 aromatic carbocycles. The van der Waals surface area contributed by atoms with E-state index in [4.69, 9.17) is 4.74 Å². The minimum absolute atomic E-state index is 0.0247. The Bertz CT molecular complexity index is 1180. The van der Waals surface area contributed by atoms with Crippen molar-refractivity contribution in [3.63, 3.8) is 0 Å². The van der Waals surface area contributed by atoms with Crippen LogP contribution in [0.15, 0.2) is 67.0 Å².